The lowest BCUT2D eigenvalue weighted by Gasteiger charge is -2.51. The molecule has 9 heteroatoms. The van der Waals surface area contributed by atoms with Crippen LogP contribution < -0.4 is 0 Å². The Hall–Kier alpha value is -1.62. The van der Waals surface area contributed by atoms with E-state index in [0.717, 1.165) is 44.9 Å². The molecule has 0 aliphatic carbocycles. The second-order valence-electron chi connectivity index (χ2n) is 17.0. The van der Waals surface area contributed by atoms with Crippen molar-refractivity contribution in [3.63, 3.8) is 0 Å². The van der Waals surface area contributed by atoms with Crippen LogP contribution in [0.15, 0.2) is 24.3 Å². The van der Waals surface area contributed by atoms with Gasteiger partial charge in [-0.2, -0.15) is 0 Å². The van der Waals surface area contributed by atoms with Gasteiger partial charge in [0.05, 0.1) is 36.6 Å². The molecule has 4 N–H and O–H groups in total. The van der Waals surface area contributed by atoms with Gasteiger partial charge in [-0.05, 0) is 69.1 Å². The fourth-order valence-corrected chi connectivity index (χ4v) is 8.04. The van der Waals surface area contributed by atoms with Crippen LogP contribution in [0.2, 0.25) is 0 Å². The van der Waals surface area contributed by atoms with Crippen LogP contribution in [0.4, 0.5) is 0 Å². The Kier molecular flexibility index (Phi) is 17.8. The summed E-state index contributed by atoms with van der Waals surface area (Å²) in [4.78, 5) is 27.4. The van der Waals surface area contributed by atoms with Crippen molar-refractivity contribution in [3.8, 4) is 0 Å². The Morgan fingerprint density at radius 3 is 2.27 bits per heavy atom. The first-order valence-corrected chi connectivity index (χ1v) is 20.2. The summed E-state index contributed by atoms with van der Waals surface area (Å²) in [5.41, 5.74) is 0. The van der Waals surface area contributed by atoms with E-state index in [0.29, 0.717) is 31.6 Å². The number of hydrogen-bond acceptors (Lipinski definition) is 9. The molecule has 3 aliphatic rings. The predicted molar refractivity (Wildman–Crippen MR) is 200 cm³/mol. The van der Waals surface area contributed by atoms with Crippen LogP contribution in [-0.4, -0.2) is 80.7 Å². The minimum absolute atomic E-state index is 0.0182. The molecule has 9 nitrogen and oxygen atoms in total. The van der Waals surface area contributed by atoms with E-state index in [1.807, 2.05) is 20.8 Å². The standard InChI is InChI=1S/C42H72O9/c1-9-33(43)22-37-28(5)19-20-42(50-37)25-39-31(8)38(51-42)24-36(46)32(21-26(2)3)16-14-12-10-11-13-15-27(4)34(44)23-35(45)30(7)41(48)29(6)17-18-40(47)49-39/h14,16-18,26-35,37-39,41,43-45,48H,9-13,15,19-25H2,1-8H3/b16-14+,18-17+/t27-,28-,29+,30-,31-,32-,33+,34-,35+,37+,38+,39+,41-,42+/m1/s1. The van der Waals surface area contributed by atoms with Gasteiger partial charge in [0.15, 0.2) is 5.79 Å². The van der Waals surface area contributed by atoms with Crippen molar-refractivity contribution >= 4 is 11.8 Å². The van der Waals surface area contributed by atoms with Crippen LogP contribution >= 0.6 is 0 Å². The molecular formula is C42H72O9. The Bertz CT molecular complexity index is 1120. The summed E-state index contributed by atoms with van der Waals surface area (Å²) in [5, 5.41) is 43.3. The van der Waals surface area contributed by atoms with E-state index in [-0.39, 0.29) is 48.4 Å². The molecular weight excluding hydrogens is 648 g/mol. The monoisotopic (exact) mass is 721 g/mol. The van der Waals surface area contributed by atoms with Crippen LogP contribution in [0, 0.1) is 41.4 Å². The van der Waals surface area contributed by atoms with Gasteiger partial charge in [-0.25, -0.2) is 4.79 Å². The highest BCUT2D eigenvalue weighted by atomic mass is 16.7. The van der Waals surface area contributed by atoms with Gasteiger partial charge in [-0.15, -0.1) is 0 Å². The maximum atomic E-state index is 14.0. The highest BCUT2D eigenvalue weighted by Gasteiger charge is 2.52. The number of ether oxygens (including phenoxy) is 3. The quantitative estimate of drug-likeness (QED) is 0.173. The van der Waals surface area contributed by atoms with Crippen molar-refractivity contribution in [2.75, 3.05) is 0 Å². The lowest BCUT2D eigenvalue weighted by Crippen LogP contribution is -2.57. The van der Waals surface area contributed by atoms with Gasteiger partial charge in [-0.1, -0.05) is 86.5 Å². The lowest BCUT2D eigenvalue weighted by molar-refractivity contribution is -0.346. The summed E-state index contributed by atoms with van der Waals surface area (Å²) < 4.78 is 19.7. The van der Waals surface area contributed by atoms with Crippen molar-refractivity contribution in [1.29, 1.82) is 0 Å². The average molecular weight is 721 g/mol. The van der Waals surface area contributed by atoms with Crippen molar-refractivity contribution in [1.82, 2.24) is 0 Å². The lowest BCUT2D eigenvalue weighted by atomic mass is 9.79. The zero-order chi connectivity index (χ0) is 37.9. The normalized spacial score (nSPS) is 42.1. The van der Waals surface area contributed by atoms with E-state index in [9.17, 15) is 30.0 Å². The van der Waals surface area contributed by atoms with Crippen LogP contribution in [0.5, 0.6) is 0 Å². The molecule has 0 radical (unpaired) electrons. The Morgan fingerprint density at radius 2 is 1.59 bits per heavy atom. The van der Waals surface area contributed by atoms with Crippen molar-refractivity contribution in [3.05, 3.63) is 24.3 Å². The van der Waals surface area contributed by atoms with E-state index in [1.54, 1.807) is 19.9 Å². The molecule has 2 fully saturated rings. The number of aliphatic hydroxyl groups is 4. The molecule has 2 saturated heterocycles. The van der Waals surface area contributed by atoms with Gasteiger partial charge >= 0.3 is 5.97 Å². The third-order valence-electron chi connectivity index (χ3n) is 12.1. The largest absolute Gasteiger partial charge is 0.459 e. The molecule has 1 spiro atoms. The molecule has 3 aliphatic heterocycles. The summed E-state index contributed by atoms with van der Waals surface area (Å²) in [7, 11) is 0. The van der Waals surface area contributed by atoms with Crippen LogP contribution in [0.3, 0.4) is 0 Å². The fraction of sp³-hybridized carbons (Fsp3) is 0.857. The molecule has 0 amide bonds. The number of carbonyl (C=O) groups excluding carboxylic acids is 2. The van der Waals surface area contributed by atoms with Gasteiger partial charge in [0.1, 0.15) is 11.9 Å². The van der Waals surface area contributed by atoms with Crippen LogP contribution in [0.25, 0.3) is 0 Å². The molecule has 294 valence electrons. The zero-order valence-electron chi connectivity index (χ0n) is 32.9. The molecule has 14 atom stereocenters. The number of rotatable bonds is 5. The first-order chi connectivity index (χ1) is 24.1. The Balaban J connectivity index is 1.91. The molecule has 0 saturated carbocycles. The van der Waals surface area contributed by atoms with E-state index < -0.39 is 60.2 Å². The summed E-state index contributed by atoms with van der Waals surface area (Å²) >= 11 is 0. The van der Waals surface area contributed by atoms with E-state index in [1.165, 1.54) is 6.08 Å². The van der Waals surface area contributed by atoms with Crippen molar-refractivity contribution < 1.29 is 44.2 Å². The first-order valence-electron chi connectivity index (χ1n) is 20.2. The molecule has 51 heavy (non-hydrogen) atoms. The molecule has 3 rings (SSSR count). The molecule has 3 heterocycles. The second kappa shape index (κ2) is 20.7. The third-order valence-corrected chi connectivity index (χ3v) is 12.1. The van der Waals surface area contributed by atoms with Gasteiger partial charge in [0.25, 0.3) is 0 Å². The third kappa shape index (κ3) is 13.3. The molecule has 2 bridgehead atoms. The number of hydrogen-bond donors (Lipinski definition) is 4. The van der Waals surface area contributed by atoms with E-state index >= 15 is 0 Å². The molecule has 0 aromatic rings. The summed E-state index contributed by atoms with van der Waals surface area (Å²) in [6.07, 6.45) is 11.4. The predicted octanol–water partition coefficient (Wildman–Crippen LogP) is 7.07. The SMILES string of the molecule is CC[C@H](O)C[C@@H]1O[C@]2(CC[C@H]1C)C[C@@H]1OC(=O)/C=C/[C@H](C)[C@@H](O)[C@H](C)[C@@H](O)C[C@@H](O)[C@H](C)CCCCC/C=C/[C@H](CC(C)C)C(=O)C[C@H](O2)[C@H]1C. The number of carbonyl (C=O) groups is 2. The number of ketones is 1. The summed E-state index contributed by atoms with van der Waals surface area (Å²) in [6, 6.07) is 0. The summed E-state index contributed by atoms with van der Waals surface area (Å²) in [6.45, 7) is 15.9. The van der Waals surface area contributed by atoms with E-state index in [4.69, 9.17) is 14.2 Å². The number of aliphatic hydroxyl groups excluding tert-OH is 4. The fourth-order valence-electron chi connectivity index (χ4n) is 8.04. The first kappa shape index (κ1) is 43.8. The van der Waals surface area contributed by atoms with Crippen LogP contribution in [0.1, 0.15) is 139 Å². The number of esters is 1. The van der Waals surface area contributed by atoms with Gasteiger partial charge in [0.2, 0.25) is 0 Å². The van der Waals surface area contributed by atoms with E-state index in [2.05, 4.69) is 32.9 Å². The highest BCUT2D eigenvalue weighted by molar-refractivity contribution is 5.83. The molecule has 0 aromatic heterocycles. The molecule has 0 aromatic carbocycles. The summed E-state index contributed by atoms with van der Waals surface area (Å²) in [5.74, 6) is -2.41. The smallest absolute Gasteiger partial charge is 0.330 e. The Labute approximate surface area is 308 Å². The average Bonchev–Trinajstić information content (AvgIpc) is 3.08. The zero-order valence-corrected chi connectivity index (χ0v) is 32.9. The van der Waals surface area contributed by atoms with Crippen molar-refractivity contribution in [2.45, 2.75) is 187 Å². The number of allylic oxidation sites excluding steroid dienone is 2. The Morgan fingerprint density at radius 1 is 0.863 bits per heavy atom. The van der Waals surface area contributed by atoms with Gasteiger partial charge < -0.3 is 34.6 Å². The second-order valence-corrected chi connectivity index (χ2v) is 17.0. The highest BCUT2D eigenvalue weighted by Crippen LogP contribution is 2.45. The minimum Gasteiger partial charge on any atom is -0.459 e. The topological polar surface area (TPSA) is 143 Å². The number of fused-ring (bicyclic) bond motifs is 2. The van der Waals surface area contributed by atoms with Gasteiger partial charge in [0, 0.05) is 49.0 Å². The van der Waals surface area contributed by atoms with Crippen LogP contribution in [-0.2, 0) is 23.8 Å². The number of Topliss-reactive ketones (excluding diaryl/α,β-unsaturated/α-hetero) is 1. The maximum absolute atomic E-state index is 14.0. The molecule has 0 unspecified atom stereocenters. The maximum Gasteiger partial charge on any atom is 0.330 e. The van der Waals surface area contributed by atoms with Gasteiger partial charge in [-0.3, -0.25) is 4.79 Å². The van der Waals surface area contributed by atoms with Crippen molar-refractivity contribution in [2.24, 2.45) is 41.4 Å². The minimum atomic E-state index is -1.04.